The van der Waals surface area contributed by atoms with E-state index in [1.807, 2.05) is 18.2 Å². The number of esters is 1. The number of aromatic nitrogens is 2. The monoisotopic (exact) mass is 511 g/mol. The number of nitrogens with one attached hydrogen (secondary N) is 1. The minimum absolute atomic E-state index is 0.180. The third-order valence-electron chi connectivity index (χ3n) is 4.98. The number of fused-ring (bicyclic) bond motifs is 1. The van der Waals surface area contributed by atoms with Crippen molar-refractivity contribution < 1.29 is 14.3 Å². The topological polar surface area (TPSA) is 81.2 Å². The van der Waals surface area contributed by atoms with Crippen molar-refractivity contribution in [2.45, 2.75) is 17.6 Å². The molecule has 2 aromatic heterocycles. The summed E-state index contributed by atoms with van der Waals surface area (Å²) in [5.41, 5.74) is 2.34. The first-order valence-electron chi connectivity index (χ1n) is 10.4. The van der Waals surface area contributed by atoms with Crippen molar-refractivity contribution >= 4 is 63.4 Å². The number of nitrogens with zero attached hydrogens (tertiary/aromatic N) is 2. The van der Waals surface area contributed by atoms with E-state index in [1.165, 1.54) is 6.20 Å². The Kier molecular flexibility index (Phi) is 7.67. The van der Waals surface area contributed by atoms with Gasteiger partial charge < -0.3 is 10.1 Å². The fourth-order valence-electron chi connectivity index (χ4n) is 3.41. The first-order chi connectivity index (χ1) is 16.5. The van der Waals surface area contributed by atoms with E-state index < -0.39 is 11.9 Å². The van der Waals surface area contributed by atoms with Crippen LogP contribution in [-0.4, -0.2) is 28.5 Å². The Labute approximate surface area is 210 Å². The van der Waals surface area contributed by atoms with Crippen LogP contribution in [0.15, 0.2) is 72.0 Å². The van der Waals surface area contributed by atoms with Crippen LogP contribution in [0, 0.1) is 0 Å². The zero-order chi connectivity index (χ0) is 24.1. The number of rotatable bonds is 7. The molecule has 4 aromatic rings. The molecule has 0 aliphatic heterocycles. The van der Waals surface area contributed by atoms with E-state index in [0.29, 0.717) is 22.5 Å². The standard InChI is InChI=1S/C25H19Cl2N3O3S/c1-2-33-25(32)17-13-29-23-16(18(17)14-34-15-9-11-28-12-10-15)5-3-8-21(23)30-24(31)22-19(26)6-4-7-20(22)27/h3-13H,2,14H2,1H3,(H,30,31). The number of carbonyl (C=O) groups excluding carboxylic acids is 2. The van der Waals surface area contributed by atoms with Crippen LogP contribution in [0.2, 0.25) is 10.0 Å². The molecule has 0 radical (unpaired) electrons. The van der Waals surface area contributed by atoms with Crippen LogP contribution >= 0.6 is 35.0 Å². The molecule has 0 aliphatic rings. The average Bonchev–Trinajstić information content (AvgIpc) is 2.83. The Morgan fingerprint density at radius 3 is 2.44 bits per heavy atom. The lowest BCUT2D eigenvalue weighted by molar-refractivity contribution is 0.0525. The highest BCUT2D eigenvalue weighted by molar-refractivity contribution is 7.98. The number of para-hydroxylation sites is 1. The molecular weight excluding hydrogens is 493 g/mol. The van der Waals surface area contributed by atoms with Crippen molar-refractivity contribution in [1.82, 2.24) is 9.97 Å². The summed E-state index contributed by atoms with van der Waals surface area (Å²) in [6.45, 7) is 2.01. The first kappa shape index (κ1) is 24.0. The second-order valence-corrected chi connectivity index (χ2v) is 8.96. The second-order valence-electron chi connectivity index (χ2n) is 7.10. The molecule has 4 rings (SSSR count). The van der Waals surface area contributed by atoms with Gasteiger partial charge in [-0.15, -0.1) is 11.8 Å². The highest BCUT2D eigenvalue weighted by Crippen LogP contribution is 2.33. The number of benzene rings is 2. The summed E-state index contributed by atoms with van der Waals surface area (Å²) >= 11 is 14.0. The predicted molar refractivity (Wildman–Crippen MR) is 136 cm³/mol. The SMILES string of the molecule is CCOC(=O)c1cnc2c(NC(=O)c3c(Cl)cccc3Cl)cccc2c1CSc1ccncc1. The van der Waals surface area contributed by atoms with Gasteiger partial charge in [0.15, 0.2) is 0 Å². The zero-order valence-electron chi connectivity index (χ0n) is 18.0. The lowest BCUT2D eigenvalue weighted by atomic mass is 10.0. The molecule has 0 unspecified atom stereocenters. The molecule has 2 aromatic carbocycles. The summed E-state index contributed by atoms with van der Waals surface area (Å²) in [7, 11) is 0. The van der Waals surface area contributed by atoms with Crippen molar-refractivity contribution in [3.05, 3.63) is 93.9 Å². The third kappa shape index (κ3) is 5.17. The number of pyridine rings is 2. The van der Waals surface area contributed by atoms with Crippen LogP contribution in [0.1, 0.15) is 33.2 Å². The number of amides is 1. The zero-order valence-corrected chi connectivity index (χ0v) is 20.4. The Morgan fingerprint density at radius 2 is 1.74 bits per heavy atom. The van der Waals surface area contributed by atoms with E-state index in [4.69, 9.17) is 27.9 Å². The van der Waals surface area contributed by atoms with Gasteiger partial charge in [0.1, 0.15) is 0 Å². The maximum Gasteiger partial charge on any atom is 0.340 e. The average molecular weight is 512 g/mol. The molecule has 0 saturated heterocycles. The van der Waals surface area contributed by atoms with Gasteiger partial charge in [-0.25, -0.2) is 4.79 Å². The number of thioether (sulfide) groups is 1. The van der Waals surface area contributed by atoms with E-state index in [2.05, 4.69) is 15.3 Å². The minimum atomic E-state index is -0.452. The van der Waals surface area contributed by atoms with Gasteiger partial charge in [-0.1, -0.05) is 41.4 Å². The molecule has 0 aliphatic carbocycles. The maximum absolute atomic E-state index is 13.0. The van der Waals surface area contributed by atoms with Gasteiger partial charge >= 0.3 is 5.97 Å². The van der Waals surface area contributed by atoms with Crippen LogP contribution in [0.4, 0.5) is 5.69 Å². The number of hydrogen-bond donors (Lipinski definition) is 1. The van der Waals surface area contributed by atoms with Crippen molar-refractivity contribution in [2.75, 3.05) is 11.9 Å². The van der Waals surface area contributed by atoms with Gasteiger partial charge in [-0.3, -0.25) is 14.8 Å². The molecule has 172 valence electrons. The van der Waals surface area contributed by atoms with Crippen molar-refractivity contribution in [2.24, 2.45) is 0 Å². The van der Waals surface area contributed by atoms with Crippen molar-refractivity contribution in [3.8, 4) is 0 Å². The van der Waals surface area contributed by atoms with Crippen LogP contribution in [-0.2, 0) is 10.5 Å². The van der Waals surface area contributed by atoms with E-state index in [9.17, 15) is 9.59 Å². The molecule has 0 spiro atoms. The highest BCUT2D eigenvalue weighted by atomic mass is 35.5. The number of ether oxygens (including phenoxy) is 1. The molecule has 0 saturated carbocycles. The Balaban J connectivity index is 1.75. The van der Waals surface area contributed by atoms with Crippen LogP contribution < -0.4 is 5.32 Å². The lowest BCUT2D eigenvalue weighted by Crippen LogP contribution is -2.14. The largest absolute Gasteiger partial charge is 0.462 e. The fraction of sp³-hybridized carbons (Fsp3) is 0.120. The first-order valence-corrected chi connectivity index (χ1v) is 12.1. The molecule has 0 atom stereocenters. The van der Waals surface area contributed by atoms with Crippen LogP contribution in [0.3, 0.4) is 0 Å². The number of anilines is 1. The number of carbonyl (C=O) groups is 2. The molecular formula is C25H19Cl2N3O3S. The predicted octanol–water partition coefficient (Wildman–Crippen LogP) is 6.66. The van der Waals surface area contributed by atoms with Gasteiger partial charge in [0.05, 0.1) is 39.0 Å². The Morgan fingerprint density at radius 1 is 1.03 bits per heavy atom. The molecule has 34 heavy (non-hydrogen) atoms. The van der Waals surface area contributed by atoms with Gasteiger partial charge in [-0.2, -0.15) is 0 Å². The highest BCUT2D eigenvalue weighted by Gasteiger charge is 2.20. The smallest absolute Gasteiger partial charge is 0.340 e. The molecule has 1 N–H and O–H groups in total. The summed E-state index contributed by atoms with van der Waals surface area (Å²) in [5, 5.41) is 4.08. The maximum atomic E-state index is 13.0. The van der Waals surface area contributed by atoms with E-state index in [1.54, 1.807) is 61.4 Å². The summed E-state index contributed by atoms with van der Waals surface area (Å²) in [6, 6.07) is 14.1. The lowest BCUT2D eigenvalue weighted by Gasteiger charge is -2.15. The third-order valence-corrected chi connectivity index (χ3v) is 6.64. The van der Waals surface area contributed by atoms with E-state index >= 15 is 0 Å². The minimum Gasteiger partial charge on any atom is -0.462 e. The Bertz CT molecular complexity index is 1350. The summed E-state index contributed by atoms with van der Waals surface area (Å²) in [4.78, 5) is 35.2. The van der Waals surface area contributed by atoms with Gasteiger partial charge in [-0.05, 0) is 42.8 Å². The number of hydrogen-bond acceptors (Lipinski definition) is 6. The van der Waals surface area contributed by atoms with Crippen LogP contribution in [0.5, 0.6) is 0 Å². The van der Waals surface area contributed by atoms with Gasteiger partial charge in [0.2, 0.25) is 0 Å². The molecule has 0 fully saturated rings. The quantitative estimate of drug-likeness (QED) is 0.220. The molecule has 6 nitrogen and oxygen atoms in total. The summed E-state index contributed by atoms with van der Waals surface area (Å²) < 4.78 is 5.25. The molecule has 1 amide bonds. The van der Waals surface area contributed by atoms with E-state index in [-0.39, 0.29) is 22.2 Å². The second kappa shape index (κ2) is 10.9. The molecule has 0 bridgehead atoms. The number of halogens is 2. The molecule has 2 heterocycles. The van der Waals surface area contributed by atoms with Gasteiger partial charge in [0.25, 0.3) is 5.91 Å². The fourth-order valence-corrected chi connectivity index (χ4v) is 4.91. The van der Waals surface area contributed by atoms with E-state index in [0.717, 1.165) is 15.8 Å². The van der Waals surface area contributed by atoms with Gasteiger partial charge in [0, 0.05) is 34.6 Å². The van der Waals surface area contributed by atoms with Crippen molar-refractivity contribution in [3.63, 3.8) is 0 Å². The van der Waals surface area contributed by atoms with Crippen molar-refractivity contribution in [1.29, 1.82) is 0 Å². The normalized spacial score (nSPS) is 10.8. The molecule has 9 heteroatoms. The van der Waals surface area contributed by atoms with Crippen LogP contribution in [0.25, 0.3) is 10.9 Å². The summed E-state index contributed by atoms with van der Waals surface area (Å²) in [5.74, 6) is -0.406. The summed E-state index contributed by atoms with van der Waals surface area (Å²) in [6.07, 6.45) is 4.92. The Hall–Kier alpha value is -3.13.